The molecule has 0 bridgehead atoms. The number of rotatable bonds is 9. The Bertz CT molecular complexity index is 1170. The number of benzene rings is 2. The van der Waals surface area contributed by atoms with Gasteiger partial charge in [0.15, 0.2) is 0 Å². The first-order valence-electron chi connectivity index (χ1n) is 11.5. The summed E-state index contributed by atoms with van der Waals surface area (Å²) in [5.74, 6) is -0.161. The highest BCUT2D eigenvalue weighted by Gasteiger charge is 2.23. The topological polar surface area (TPSA) is 91.3 Å². The zero-order valence-electron chi connectivity index (χ0n) is 19.0. The molecule has 6 nitrogen and oxygen atoms in total. The van der Waals surface area contributed by atoms with Gasteiger partial charge in [0.25, 0.3) is 0 Å². The summed E-state index contributed by atoms with van der Waals surface area (Å²) in [6, 6.07) is 21.8. The Morgan fingerprint density at radius 2 is 1.76 bits per heavy atom. The van der Waals surface area contributed by atoms with E-state index in [2.05, 4.69) is 27.8 Å². The van der Waals surface area contributed by atoms with Crippen molar-refractivity contribution >= 4 is 17.7 Å². The molecule has 3 N–H and O–H groups in total. The number of carboxylic acid groups (broad SMARTS) is 1. The zero-order chi connectivity index (χ0) is 23.8. The molecule has 0 aliphatic heterocycles. The van der Waals surface area contributed by atoms with E-state index >= 15 is 0 Å². The Kier molecular flexibility index (Phi) is 7.71. The van der Waals surface area contributed by atoms with Crippen molar-refractivity contribution < 1.29 is 14.7 Å². The molecule has 0 saturated carbocycles. The number of carbonyl (C=O) groups excluding carboxylic acids is 1. The van der Waals surface area contributed by atoms with Crippen LogP contribution in [0.4, 0.5) is 5.82 Å². The fourth-order valence-electron chi connectivity index (χ4n) is 4.40. The van der Waals surface area contributed by atoms with Gasteiger partial charge in [-0.05, 0) is 53.1 Å². The standard InChI is InChI=1S/C28H29N3O3/c32-27(16-20-11-12-23-8-1-2-9-25(23)24(15-20)17-28(33)34)31-19-22-7-5-6-21(14-22)18-30-26-10-3-4-13-29-26/h1-11,13-14,24H,12,15-19H2,(H,29,30)(H,31,32)(H,33,34). The summed E-state index contributed by atoms with van der Waals surface area (Å²) in [5.41, 5.74) is 5.35. The van der Waals surface area contributed by atoms with Crippen LogP contribution >= 0.6 is 0 Å². The lowest BCUT2D eigenvalue weighted by Crippen LogP contribution is -2.23. The minimum atomic E-state index is -0.817. The van der Waals surface area contributed by atoms with Crippen molar-refractivity contribution in [2.75, 3.05) is 5.32 Å². The molecule has 4 rings (SSSR count). The van der Waals surface area contributed by atoms with E-state index in [-0.39, 0.29) is 24.7 Å². The molecule has 1 aliphatic rings. The maximum atomic E-state index is 12.7. The highest BCUT2D eigenvalue weighted by molar-refractivity contribution is 5.78. The molecule has 34 heavy (non-hydrogen) atoms. The number of carbonyl (C=O) groups is 2. The average Bonchev–Trinajstić information content (AvgIpc) is 3.01. The number of hydrogen-bond donors (Lipinski definition) is 3. The second-order valence-electron chi connectivity index (χ2n) is 8.61. The summed E-state index contributed by atoms with van der Waals surface area (Å²) < 4.78 is 0. The number of pyridine rings is 1. The predicted molar refractivity (Wildman–Crippen MR) is 132 cm³/mol. The van der Waals surface area contributed by atoms with Gasteiger partial charge in [0.1, 0.15) is 5.82 Å². The van der Waals surface area contributed by atoms with Crippen molar-refractivity contribution in [2.45, 2.75) is 44.7 Å². The number of hydrogen-bond acceptors (Lipinski definition) is 4. The first-order valence-corrected chi connectivity index (χ1v) is 11.5. The number of anilines is 1. The van der Waals surface area contributed by atoms with Gasteiger partial charge in [-0.2, -0.15) is 0 Å². The molecule has 0 spiro atoms. The third kappa shape index (κ3) is 6.54. The van der Waals surface area contributed by atoms with E-state index in [1.807, 2.05) is 60.7 Å². The van der Waals surface area contributed by atoms with Gasteiger partial charge in [-0.3, -0.25) is 9.59 Å². The lowest BCUT2D eigenvalue weighted by atomic mass is 9.88. The van der Waals surface area contributed by atoms with E-state index in [1.54, 1.807) is 6.20 Å². The van der Waals surface area contributed by atoms with Crippen LogP contribution in [0.5, 0.6) is 0 Å². The Hall–Kier alpha value is -3.93. The summed E-state index contributed by atoms with van der Waals surface area (Å²) in [6.45, 7) is 1.10. The molecule has 174 valence electrons. The smallest absolute Gasteiger partial charge is 0.303 e. The number of amides is 1. The van der Waals surface area contributed by atoms with Gasteiger partial charge >= 0.3 is 5.97 Å². The van der Waals surface area contributed by atoms with Crippen molar-refractivity contribution in [1.29, 1.82) is 0 Å². The van der Waals surface area contributed by atoms with E-state index in [1.165, 1.54) is 0 Å². The predicted octanol–water partition coefficient (Wildman–Crippen LogP) is 4.83. The van der Waals surface area contributed by atoms with Crippen LogP contribution in [-0.2, 0) is 29.1 Å². The minimum absolute atomic E-state index is 0.0525. The van der Waals surface area contributed by atoms with Gasteiger partial charge in [0.2, 0.25) is 5.91 Å². The second kappa shape index (κ2) is 11.3. The highest BCUT2D eigenvalue weighted by atomic mass is 16.4. The molecule has 1 unspecified atom stereocenters. The average molecular weight is 456 g/mol. The number of fused-ring (bicyclic) bond motifs is 1. The van der Waals surface area contributed by atoms with Crippen molar-refractivity contribution in [2.24, 2.45) is 0 Å². The number of nitrogens with one attached hydrogen (secondary N) is 2. The Labute approximate surface area is 199 Å². The van der Waals surface area contributed by atoms with E-state index in [9.17, 15) is 14.7 Å². The molecule has 0 fully saturated rings. The Morgan fingerprint density at radius 3 is 2.56 bits per heavy atom. The molecule has 1 aromatic heterocycles. The van der Waals surface area contributed by atoms with Crippen molar-refractivity contribution in [1.82, 2.24) is 10.3 Å². The van der Waals surface area contributed by atoms with E-state index in [4.69, 9.17) is 0 Å². The van der Waals surface area contributed by atoms with Crippen LogP contribution in [0, 0.1) is 0 Å². The summed E-state index contributed by atoms with van der Waals surface area (Å²) in [7, 11) is 0. The van der Waals surface area contributed by atoms with Crippen LogP contribution in [0.1, 0.15) is 47.4 Å². The fraction of sp³-hybridized carbons (Fsp3) is 0.250. The molecular weight excluding hydrogens is 426 g/mol. The number of aromatic nitrogens is 1. The minimum Gasteiger partial charge on any atom is -0.481 e. The molecule has 3 aromatic rings. The van der Waals surface area contributed by atoms with Crippen molar-refractivity contribution in [3.05, 3.63) is 107 Å². The molecule has 1 aliphatic carbocycles. The summed E-state index contributed by atoms with van der Waals surface area (Å²) in [5, 5.41) is 15.7. The van der Waals surface area contributed by atoms with Crippen LogP contribution in [-0.4, -0.2) is 22.0 Å². The normalized spacial score (nSPS) is 14.9. The second-order valence-corrected chi connectivity index (χ2v) is 8.61. The summed E-state index contributed by atoms with van der Waals surface area (Å²) >= 11 is 0. The molecule has 0 saturated heterocycles. The van der Waals surface area contributed by atoms with Crippen molar-refractivity contribution in [3.8, 4) is 0 Å². The van der Waals surface area contributed by atoms with Crippen LogP contribution in [0.3, 0.4) is 0 Å². The van der Waals surface area contributed by atoms with Crippen molar-refractivity contribution in [3.63, 3.8) is 0 Å². The van der Waals surface area contributed by atoms with Gasteiger partial charge < -0.3 is 15.7 Å². The molecular formula is C28H29N3O3. The Balaban J connectivity index is 1.32. The van der Waals surface area contributed by atoms with Gasteiger partial charge in [-0.1, -0.05) is 66.2 Å². The fourth-order valence-corrected chi connectivity index (χ4v) is 4.40. The molecule has 0 radical (unpaired) electrons. The lowest BCUT2D eigenvalue weighted by Gasteiger charge is -2.17. The lowest BCUT2D eigenvalue weighted by molar-refractivity contribution is -0.137. The maximum absolute atomic E-state index is 12.7. The first kappa shape index (κ1) is 23.2. The first-order chi connectivity index (χ1) is 16.6. The van der Waals surface area contributed by atoms with Gasteiger partial charge in [-0.25, -0.2) is 4.98 Å². The van der Waals surface area contributed by atoms with E-state index < -0.39 is 5.97 Å². The third-order valence-electron chi connectivity index (χ3n) is 6.04. The largest absolute Gasteiger partial charge is 0.481 e. The van der Waals surface area contributed by atoms with E-state index in [0.29, 0.717) is 19.5 Å². The van der Waals surface area contributed by atoms with Crippen LogP contribution in [0.25, 0.3) is 0 Å². The molecule has 6 heteroatoms. The molecule has 1 amide bonds. The monoisotopic (exact) mass is 455 g/mol. The molecule has 2 aromatic carbocycles. The number of nitrogens with zero attached hydrogens (tertiary/aromatic N) is 1. The highest BCUT2D eigenvalue weighted by Crippen LogP contribution is 2.34. The van der Waals surface area contributed by atoms with Gasteiger partial charge in [0.05, 0.1) is 6.42 Å². The van der Waals surface area contributed by atoms with Crippen LogP contribution in [0.15, 0.2) is 84.6 Å². The zero-order valence-corrected chi connectivity index (χ0v) is 19.0. The summed E-state index contributed by atoms with van der Waals surface area (Å²) in [6.07, 6.45) is 5.50. The summed E-state index contributed by atoms with van der Waals surface area (Å²) in [4.78, 5) is 28.4. The SMILES string of the molecule is O=C(O)CC1CC(CC(=O)NCc2cccc(CNc3ccccn3)c2)=CCc2ccccc21. The Morgan fingerprint density at radius 1 is 0.971 bits per heavy atom. The quantitative estimate of drug-likeness (QED) is 0.402. The van der Waals surface area contributed by atoms with Gasteiger partial charge in [-0.15, -0.1) is 0 Å². The molecule has 1 heterocycles. The van der Waals surface area contributed by atoms with Crippen LogP contribution < -0.4 is 10.6 Å². The number of allylic oxidation sites excluding steroid dienone is 1. The maximum Gasteiger partial charge on any atom is 0.303 e. The molecule has 1 atom stereocenters. The number of carboxylic acids is 1. The number of aliphatic carboxylic acids is 1. The third-order valence-corrected chi connectivity index (χ3v) is 6.04. The van der Waals surface area contributed by atoms with Crippen LogP contribution in [0.2, 0.25) is 0 Å². The van der Waals surface area contributed by atoms with Gasteiger partial charge in [0, 0.05) is 25.7 Å². The van der Waals surface area contributed by atoms with E-state index in [0.717, 1.165) is 40.1 Å².